The zero-order valence-electron chi connectivity index (χ0n) is 9.67. The Hall–Kier alpha value is -0.220. The van der Waals surface area contributed by atoms with E-state index in [9.17, 15) is 16.8 Å². The Balaban J connectivity index is 4.12. The first-order valence-corrected chi connectivity index (χ1v) is 7.95. The highest BCUT2D eigenvalue weighted by atomic mass is 32.2. The Labute approximate surface area is 97.2 Å². The van der Waals surface area contributed by atoms with E-state index in [1.807, 2.05) is 0 Å². The molecule has 0 aromatic heterocycles. The molecule has 0 saturated carbocycles. The van der Waals surface area contributed by atoms with Crippen molar-refractivity contribution in [3.05, 3.63) is 0 Å². The smallest absolute Gasteiger partial charge is 0.229 e. The van der Waals surface area contributed by atoms with E-state index in [1.165, 1.54) is 11.4 Å². The lowest BCUT2D eigenvalue weighted by atomic mass is 10.4. The second kappa shape index (κ2) is 5.92. The van der Waals surface area contributed by atoms with Crippen molar-refractivity contribution in [2.24, 2.45) is 5.14 Å². The van der Waals surface area contributed by atoms with Crippen molar-refractivity contribution in [1.82, 2.24) is 9.03 Å². The quantitative estimate of drug-likeness (QED) is 0.570. The van der Waals surface area contributed by atoms with Crippen LogP contribution >= 0.6 is 0 Å². The van der Waals surface area contributed by atoms with Gasteiger partial charge >= 0.3 is 0 Å². The highest BCUT2D eigenvalue weighted by Gasteiger charge is 2.19. The number of hydrogen-bond acceptors (Lipinski definition) is 4. The van der Waals surface area contributed by atoms with Gasteiger partial charge in [0.2, 0.25) is 10.0 Å². The van der Waals surface area contributed by atoms with E-state index in [0.717, 1.165) is 0 Å². The molecular weight excluding hydrogens is 254 g/mol. The minimum atomic E-state index is -3.53. The average molecular weight is 273 g/mol. The average Bonchev–Trinajstić information content (AvgIpc) is 2.09. The van der Waals surface area contributed by atoms with Gasteiger partial charge in [0.1, 0.15) is 0 Å². The van der Waals surface area contributed by atoms with Gasteiger partial charge in [-0.3, -0.25) is 0 Å². The Morgan fingerprint density at radius 1 is 1.25 bits per heavy atom. The minimum Gasteiger partial charge on any atom is -0.229 e. The van der Waals surface area contributed by atoms with Gasteiger partial charge in [0.05, 0.1) is 5.75 Å². The first-order valence-electron chi connectivity index (χ1n) is 4.79. The third kappa shape index (κ3) is 6.38. The van der Waals surface area contributed by atoms with Crippen LogP contribution in [0.5, 0.6) is 0 Å². The molecule has 0 unspecified atom stereocenters. The molecule has 0 aliphatic carbocycles. The molecule has 0 aromatic rings. The molecule has 0 aromatic carbocycles. The van der Waals surface area contributed by atoms with E-state index in [0.29, 0.717) is 0 Å². The maximum atomic E-state index is 11.5. The topological polar surface area (TPSA) is 110 Å². The molecule has 0 saturated heterocycles. The van der Waals surface area contributed by atoms with Gasteiger partial charge in [-0.2, -0.15) is 12.7 Å². The van der Waals surface area contributed by atoms with Crippen LogP contribution in [0.3, 0.4) is 0 Å². The number of primary sulfonamides is 1. The van der Waals surface area contributed by atoms with Crippen molar-refractivity contribution >= 4 is 20.2 Å². The summed E-state index contributed by atoms with van der Waals surface area (Å²) in [5.74, 6) is -0.235. The summed E-state index contributed by atoms with van der Waals surface area (Å²) >= 11 is 0. The molecular formula is C7H19N3O4S2. The summed E-state index contributed by atoms with van der Waals surface area (Å²) in [4.78, 5) is 0. The monoisotopic (exact) mass is 273 g/mol. The lowest BCUT2D eigenvalue weighted by Gasteiger charge is -2.21. The van der Waals surface area contributed by atoms with Crippen LogP contribution in [-0.4, -0.2) is 46.5 Å². The molecule has 16 heavy (non-hydrogen) atoms. The molecule has 0 amide bonds. The van der Waals surface area contributed by atoms with E-state index >= 15 is 0 Å². The highest BCUT2D eigenvalue weighted by molar-refractivity contribution is 7.89. The number of sulfonamides is 1. The molecule has 0 atom stereocenters. The zero-order chi connectivity index (χ0) is 13.0. The van der Waals surface area contributed by atoms with E-state index in [2.05, 4.69) is 4.72 Å². The van der Waals surface area contributed by atoms with E-state index in [1.54, 1.807) is 13.8 Å². The Morgan fingerprint density at radius 2 is 1.75 bits per heavy atom. The van der Waals surface area contributed by atoms with Crippen molar-refractivity contribution < 1.29 is 16.8 Å². The molecule has 0 radical (unpaired) electrons. The number of rotatable bonds is 7. The third-order valence-electron chi connectivity index (χ3n) is 2.00. The number of hydrogen-bond donors (Lipinski definition) is 2. The van der Waals surface area contributed by atoms with Crippen LogP contribution in [-0.2, 0) is 20.2 Å². The summed E-state index contributed by atoms with van der Waals surface area (Å²) in [5, 5.41) is 4.78. The predicted octanol–water partition coefficient (Wildman–Crippen LogP) is -1.16. The maximum Gasteiger partial charge on any atom is 0.279 e. The summed E-state index contributed by atoms with van der Waals surface area (Å²) in [6, 6.07) is -0.157. The summed E-state index contributed by atoms with van der Waals surface area (Å²) < 4.78 is 47.7. The van der Waals surface area contributed by atoms with Gasteiger partial charge in [-0.15, -0.1) is 0 Å². The fourth-order valence-corrected chi connectivity index (χ4v) is 2.56. The van der Waals surface area contributed by atoms with Crippen molar-refractivity contribution in [2.45, 2.75) is 26.3 Å². The molecule has 0 rings (SSSR count). The number of nitrogens with one attached hydrogen (secondary N) is 1. The van der Waals surface area contributed by atoms with Crippen molar-refractivity contribution in [2.75, 3.05) is 19.3 Å². The second-order valence-electron chi connectivity index (χ2n) is 3.73. The first-order chi connectivity index (χ1) is 7.06. The SMILES string of the molecule is CC(C)N(C)S(=O)(=O)NCCCS(N)(=O)=O. The molecule has 7 nitrogen and oxygen atoms in total. The van der Waals surface area contributed by atoms with Gasteiger partial charge in [0, 0.05) is 19.6 Å². The molecule has 3 N–H and O–H groups in total. The normalized spacial score (nSPS) is 13.6. The Kier molecular flexibility index (Phi) is 5.84. The van der Waals surface area contributed by atoms with Crippen LogP contribution < -0.4 is 9.86 Å². The van der Waals surface area contributed by atoms with Crippen LogP contribution in [0.2, 0.25) is 0 Å². The summed E-state index contributed by atoms with van der Waals surface area (Å²) in [6.07, 6.45) is 0.157. The summed E-state index contributed by atoms with van der Waals surface area (Å²) in [6.45, 7) is 3.53. The largest absolute Gasteiger partial charge is 0.279 e. The highest BCUT2D eigenvalue weighted by Crippen LogP contribution is 2.00. The van der Waals surface area contributed by atoms with E-state index in [4.69, 9.17) is 5.14 Å². The van der Waals surface area contributed by atoms with E-state index in [-0.39, 0.29) is 24.8 Å². The van der Waals surface area contributed by atoms with Crippen LogP contribution in [0.15, 0.2) is 0 Å². The minimum absolute atomic E-state index is 0.0514. The summed E-state index contributed by atoms with van der Waals surface area (Å²) in [7, 11) is -5.61. The van der Waals surface area contributed by atoms with Gasteiger partial charge in [-0.1, -0.05) is 0 Å². The fourth-order valence-electron chi connectivity index (χ4n) is 0.854. The second-order valence-corrected chi connectivity index (χ2v) is 7.28. The number of nitrogens with zero attached hydrogens (tertiary/aromatic N) is 1. The van der Waals surface area contributed by atoms with Crippen LogP contribution in [0.25, 0.3) is 0 Å². The van der Waals surface area contributed by atoms with Crippen molar-refractivity contribution in [1.29, 1.82) is 0 Å². The lowest BCUT2D eigenvalue weighted by Crippen LogP contribution is -2.42. The molecule has 0 bridgehead atoms. The third-order valence-corrected chi connectivity index (χ3v) is 4.60. The lowest BCUT2D eigenvalue weighted by molar-refractivity contribution is 0.402. The molecule has 0 spiro atoms. The van der Waals surface area contributed by atoms with Gasteiger partial charge in [0.15, 0.2) is 0 Å². The first kappa shape index (κ1) is 15.8. The zero-order valence-corrected chi connectivity index (χ0v) is 11.3. The Bertz CT molecular complexity index is 401. The fraction of sp³-hybridized carbons (Fsp3) is 1.00. The molecule has 0 heterocycles. The number of nitrogens with two attached hydrogens (primary N) is 1. The van der Waals surface area contributed by atoms with Crippen molar-refractivity contribution in [3.63, 3.8) is 0 Å². The molecule has 0 aliphatic heterocycles. The van der Waals surface area contributed by atoms with Crippen LogP contribution in [0.4, 0.5) is 0 Å². The van der Waals surface area contributed by atoms with Crippen LogP contribution in [0, 0.1) is 0 Å². The van der Waals surface area contributed by atoms with Crippen molar-refractivity contribution in [3.8, 4) is 0 Å². The molecule has 0 aliphatic rings. The molecule has 98 valence electrons. The maximum absolute atomic E-state index is 11.5. The standard InChI is InChI=1S/C7H19N3O4S2/c1-7(2)10(3)16(13,14)9-5-4-6-15(8,11)12/h7,9H,4-6H2,1-3H3,(H2,8,11,12). The van der Waals surface area contributed by atoms with E-state index < -0.39 is 20.2 Å². The van der Waals surface area contributed by atoms with Gasteiger partial charge in [0.25, 0.3) is 10.2 Å². The predicted molar refractivity (Wildman–Crippen MR) is 62.4 cm³/mol. The molecule has 9 heteroatoms. The molecule has 0 fully saturated rings. The van der Waals surface area contributed by atoms with Gasteiger partial charge in [-0.05, 0) is 20.3 Å². The van der Waals surface area contributed by atoms with Gasteiger partial charge in [-0.25, -0.2) is 18.3 Å². The van der Waals surface area contributed by atoms with Crippen LogP contribution in [0.1, 0.15) is 20.3 Å². The van der Waals surface area contributed by atoms with Gasteiger partial charge < -0.3 is 0 Å². The summed E-state index contributed by atoms with van der Waals surface area (Å²) in [5.41, 5.74) is 0. The Morgan fingerprint density at radius 3 is 2.12 bits per heavy atom.